The Kier molecular flexibility index (Phi) is 5.00. The van der Waals surface area contributed by atoms with Gasteiger partial charge < -0.3 is 5.32 Å². The summed E-state index contributed by atoms with van der Waals surface area (Å²) < 4.78 is 14.0. The predicted octanol–water partition coefficient (Wildman–Crippen LogP) is 2.47. The molecule has 16 heavy (non-hydrogen) atoms. The maximum atomic E-state index is 13.3. The Morgan fingerprint density at radius 2 is 2.31 bits per heavy atom. The fraction of sp³-hybridized carbons (Fsp3) is 0.250. The van der Waals surface area contributed by atoms with E-state index in [-0.39, 0.29) is 11.7 Å². The first-order valence-corrected chi connectivity index (χ1v) is 5.57. The van der Waals surface area contributed by atoms with Crippen molar-refractivity contribution in [2.75, 3.05) is 6.54 Å². The number of carbonyl (C=O) groups is 1. The average Bonchev–Trinajstić information content (AvgIpc) is 2.20. The monoisotopic (exact) mass is 283 g/mol. The Labute approximate surface area is 102 Å². The minimum Gasteiger partial charge on any atom is -0.355 e. The highest BCUT2D eigenvalue weighted by atomic mass is 79.9. The fourth-order valence-corrected chi connectivity index (χ4v) is 1.38. The molecule has 0 atom stereocenters. The van der Waals surface area contributed by atoms with E-state index in [1.54, 1.807) is 12.1 Å². The average molecular weight is 284 g/mol. The molecule has 0 unspecified atom stereocenters. The van der Waals surface area contributed by atoms with Crippen LogP contribution in [0.1, 0.15) is 18.9 Å². The number of benzene rings is 1. The largest absolute Gasteiger partial charge is 0.355 e. The number of halogens is 2. The van der Waals surface area contributed by atoms with Crippen molar-refractivity contribution in [1.82, 2.24) is 5.32 Å². The number of rotatable bonds is 2. The Bertz CT molecular complexity index is 448. The van der Waals surface area contributed by atoms with Crippen molar-refractivity contribution in [2.45, 2.75) is 13.3 Å². The van der Waals surface area contributed by atoms with Crippen LogP contribution in [-0.2, 0) is 4.79 Å². The summed E-state index contributed by atoms with van der Waals surface area (Å²) in [4.78, 5) is 10.5. The Morgan fingerprint density at radius 1 is 1.56 bits per heavy atom. The van der Waals surface area contributed by atoms with Crippen molar-refractivity contribution in [3.63, 3.8) is 0 Å². The molecule has 4 heteroatoms. The molecule has 0 saturated heterocycles. The van der Waals surface area contributed by atoms with Gasteiger partial charge >= 0.3 is 0 Å². The minimum atomic E-state index is -0.346. The van der Waals surface area contributed by atoms with E-state index in [0.29, 0.717) is 23.0 Å². The molecule has 2 nitrogen and oxygen atoms in total. The summed E-state index contributed by atoms with van der Waals surface area (Å²) in [6.07, 6.45) is 0.509. The summed E-state index contributed by atoms with van der Waals surface area (Å²) in [7, 11) is 0. The van der Waals surface area contributed by atoms with Crippen LogP contribution in [0.2, 0.25) is 0 Å². The number of carbonyl (C=O) groups excluding carboxylic acids is 1. The molecule has 0 aliphatic heterocycles. The van der Waals surface area contributed by atoms with Gasteiger partial charge in [0, 0.05) is 24.4 Å². The maximum Gasteiger partial charge on any atom is 0.216 e. The summed E-state index contributed by atoms with van der Waals surface area (Å²) in [6.45, 7) is 1.93. The van der Waals surface area contributed by atoms with Crippen molar-refractivity contribution >= 4 is 21.8 Å². The molecule has 1 aromatic carbocycles. The SMILES string of the molecule is CC(=O)NCCC#Cc1ccc(Br)cc1F. The first-order valence-electron chi connectivity index (χ1n) is 4.78. The fourth-order valence-electron chi connectivity index (χ4n) is 1.05. The molecule has 0 bridgehead atoms. The molecule has 0 fully saturated rings. The highest BCUT2D eigenvalue weighted by Crippen LogP contribution is 2.14. The van der Waals surface area contributed by atoms with Gasteiger partial charge in [-0.2, -0.15) is 0 Å². The normalized spacial score (nSPS) is 9.19. The number of nitrogens with one attached hydrogen (secondary N) is 1. The van der Waals surface area contributed by atoms with Gasteiger partial charge in [-0.1, -0.05) is 27.8 Å². The molecule has 0 heterocycles. The van der Waals surface area contributed by atoms with Crippen LogP contribution in [0.4, 0.5) is 4.39 Å². The third kappa shape index (κ3) is 4.45. The topological polar surface area (TPSA) is 29.1 Å². The van der Waals surface area contributed by atoms with Crippen LogP contribution in [-0.4, -0.2) is 12.5 Å². The van der Waals surface area contributed by atoms with Gasteiger partial charge in [-0.25, -0.2) is 4.39 Å². The summed E-state index contributed by atoms with van der Waals surface area (Å²) in [5, 5.41) is 2.61. The Morgan fingerprint density at radius 3 is 2.94 bits per heavy atom. The van der Waals surface area contributed by atoms with Crippen LogP contribution in [0.25, 0.3) is 0 Å². The number of amides is 1. The molecular weight excluding hydrogens is 273 g/mol. The van der Waals surface area contributed by atoms with Crippen molar-refractivity contribution in [2.24, 2.45) is 0 Å². The molecule has 0 radical (unpaired) electrons. The van der Waals surface area contributed by atoms with Crippen LogP contribution in [0.5, 0.6) is 0 Å². The van der Waals surface area contributed by atoms with Gasteiger partial charge in [-0.05, 0) is 18.2 Å². The molecule has 0 aliphatic carbocycles. The summed E-state index contributed by atoms with van der Waals surface area (Å²) >= 11 is 3.17. The van der Waals surface area contributed by atoms with Gasteiger partial charge in [-0.3, -0.25) is 4.79 Å². The third-order valence-corrected chi connectivity index (χ3v) is 2.27. The van der Waals surface area contributed by atoms with Crippen molar-refractivity contribution in [3.8, 4) is 11.8 Å². The molecule has 0 saturated carbocycles. The highest BCUT2D eigenvalue weighted by molar-refractivity contribution is 9.10. The van der Waals surface area contributed by atoms with E-state index in [9.17, 15) is 9.18 Å². The maximum absolute atomic E-state index is 13.3. The molecule has 0 aliphatic rings. The van der Waals surface area contributed by atoms with Gasteiger partial charge in [-0.15, -0.1) is 0 Å². The zero-order chi connectivity index (χ0) is 12.0. The second kappa shape index (κ2) is 6.29. The van der Waals surface area contributed by atoms with Gasteiger partial charge in [0.15, 0.2) is 0 Å². The van der Waals surface area contributed by atoms with Crippen LogP contribution in [0.3, 0.4) is 0 Å². The molecule has 0 aromatic heterocycles. The highest BCUT2D eigenvalue weighted by Gasteiger charge is 1.98. The second-order valence-corrected chi connectivity index (χ2v) is 4.07. The lowest BCUT2D eigenvalue weighted by atomic mass is 10.2. The summed E-state index contributed by atoms with van der Waals surface area (Å²) in [5.74, 6) is 5.08. The first kappa shape index (κ1) is 12.7. The summed E-state index contributed by atoms with van der Waals surface area (Å²) in [6, 6.07) is 4.73. The van der Waals surface area contributed by atoms with E-state index >= 15 is 0 Å². The lowest BCUT2D eigenvalue weighted by molar-refractivity contribution is -0.118. The number of hydrogen-bond donors (Lipinski definition) is 1. The lowest BCUT2D eigenvalue weighted by Crippen LogP contribution is -2.20. The first-order chi connectivity index (χ1) is 7.59. The molecule has 0 spiro atoms. The van der Waals surface area contributed by atoms with Gasteiger partial charge in [0.05, 0.1) is 5.56 Å². The van der Waals surface area contributed by atoms with E-state index in [0.717, 1.165) is 0 Å². The molecule has 1 N–H and O–H groups in total. The predicted molar refractivity (Wildman–Crippen MR) is 64.3 cm³/mol. The minimum absolute atomic E-state index is 0.0865. The van der Waals surface area contributed by atoms with Gasteiger partial charge in [0.25, 0.3) is 0 Å². The van der Waals surface area contributed by atoms with Crippen LogP contribution in [0, 0.1) is 17.7 Å². The van der Waals surface area contributed by atoms with Crippen molar-refractivity contribution in [1.29, 1.82) is 0 Å². The van der Waals surface area contributed by atoms with E-state index < -0.39 is 0 Å². The lowest BCUT2D eigenvalue weighted by Gasteiger charge is -1.96. The third-order valence-electron chi connectivity index (χ3n) is 1.78. The molecular formula is C12H11BrFNO. The smallest absolute Gasteiger partial charge is 0.216 e. The quantitative estimate of drug-likeness (QED) is 0.656. The molecule has 84 valence electrons. The molecule has 1 rings (SSSR count). The Hall–Kier alpha value is -1.34. The molecule has 1 amide bonds. The van der Waals surface area contributed by atoms with E-state index in [1.165, 1.54) is 13.0 Å². The second-order valence-electron chi connectivity index (χ2n) is 3.16. The summed E-state index contributed by atoms with van der Waals surface area (Å²) in [5.41, 5.74) is 0.367. The molecule has 1 aromatic rings. The van der Waals surface area contributed by atoms with Crippen LogP contribution < -0.4 is 5.32 Å². The number of hydrogen-bond acceptors (Lipinski definition) is 1. The standard InChI is InChI=1S/C12H11BrFNO/c1-9(16)15-7-3-2-4-10-5-6-11(13)8-12(10)14/h5-6,8H,3,7H2,1H3,(H,15,16). The zero-order valence-corrected chi connectivity index (χ0v) is 10.4. The van der Waals surface area contributed by atoms with Gasteiger partial charge in [0.2, 0.25) is 5.91 Å². The Balaban J connectivity index is 2.53. The van der Waals surface area contributed by atoms with E-state index in [2.05, 4.69) is 33.1 Å². The van der Waals surface area contributed by atoms with Gasteiger partial charge in [0.1, 0.15) is 5.82 Å². The van der Waals surface area contributed by atoms with E-state index in [4.69, 9.17) is 0 Å². The van der Waals surface area contributed by atoms with Crippen LogP contribution >= 0.6 is 15.9 Å². The zero-order valence-electron chi connectivity index (χ0n) is 8.81. The van der Waals surface area contributed by atoms with E-state index in [1.807, 2.05) is 0 Å². The van der Waals surface area contributed by atoms with Crippen LogP contribution in [0.15, 0.2) is 22.7 Å². The van der Waals surface area contributed by atoms with Crippen molar-refractivity contribution < 1.29 is 9.18 Å². The van der Waals surface area contributed by atoms with Crippen molar-refractivity contribution in [3.05, 3.63) is 34.1 Å².